The highest BCUT2D eigenvalue weighted by molar-refractivity contribution is 7.80. The Balaban J connectivity index is 1.88. The van der Waals surface area contributed by atoms with E-state index in [2.05, 4.69) is 46.6 Å². The number of benzene rings is 1. The first-order chi connectivity index (χ1) is 14.5. The van der Waals surface area contributed by atoms with E-state index in [1.165, 1.54) is 17.0 Å². The molecule has 1 fully saturated rings. The van der Waals surface area contributed by atoms with Gasteiger partial charge < -0.3 is 19.5 Å². The van der Waals surface area contributed by atoms with Crippen LogP contribution in [0.5, 0.6) is 5.75 Å². The van der Waals surface area contributed by atoms with Crippen LogP contribution in [0.4, 0.5) is 5.69 Å². The standard InChI is InChI=1S/C23H25ClN4OS/c1-5-27-14(2)12-17(15(27)3)22-21(19-8-6-7-11-25-19)26-23(30)28(22)16-9-10-20(29-4)18(24)13-16/h6-13,21-22H,5H2,1-4H3,(H,26,30)/t21-,22-/m0/s1. The number of pyridine rings is 1. The van der Waals surface area contributed by atoms with Gasteiger partial charge in [-0.3, -0.25) is 4.98 Å². The highest BCUT2D eigenvalue weighted by atomic mass is 35.5. The first kappa shape index (κ1) is 20.7. The summed E-state index contributed by atoms with van der Waals surface area (Å²) in [7, 11) is 1.61. The van der Waals surface area contributed by atoms with Crippen LogP contribution in [0.3, 0.4) is 0 Å². The third-order valence-electron chi connectivity index (χ3n) is 5.76. The van der Waals surface area contributed by atoms with Gasteiger partial charge in [0.1, 0.15) is 5.75 Å². The van der Waals surface area contributed by atoms with E-state index in [0.717, 1.165) is 17.9 Å². The first-order valence-electron chi connectivity index (χ1n) is 9.97. The summed E-state index contributed by atoms with van der Waals surface area (Å²) in [4.78, 5) is 6.76. The monoisotopic (exact) mass is 440 g/mol. The van der Waals surface area contributed by atoms with Crippen molar-refractivity contribution in [3.05, 3.63) is 76.3 Å². The average Bonchev–Trinajstić information content (AvgIpc) is 3.23. The zero-order valence-corrected chi connectivity index (χ0v) is 19.1. The molecule has 5 nitrogen and oxygen atoms in total. The molecule has 0 unspecified atom stereocenters. The summed E-state index contributed by atoms with van der Waals surface area (Å²) in [6.45, 7) is 7.40. The maximum atomic E-state index is 6.45. The molecule has 0 bridgehead atoms. The molecule has 1 aliphatic rings. The molecule has 3 heterocycles. The van der Waals surface area contributed by atoms with Crippen molar-refractivity contribution >= 4 is 34.6 Å². The third kappa shape index (κ3) is 3.44. The van der Waals surface area contributed by atoms with Crippen molar-refractivity contribution < 1.29 is 4.74 Å². The molecule has 0 spiro atoms. The van der Waals surface area contributed by atoms with E-state index in [9.17, 15) is 0 Å². The highest BCUT2D eigenvalue weighted by Gasteiger charge is 2.42. The SMILES string of the molecule is CCn1c(C)cc([C@H]2[C@H](c3ccccn3)NC(=S)N2c2ccc(OC)c(Cl)c2)c1C. The summed E-state index contributed by atoms with van der Waals surface area (Å²) in [5.74, 6) is 0.639. The van der Waals surface area contributed by atoms with Crippen molar-refractivity contribution in [1.82, 2.24) is 14.9 Å². The molecule has 1 saturated heterocycles. The summed E-state index contributed by atoms with van der Waals surface area (Å²) in [5, 5.41) is 4.70. The number of aryl methyl sites for hydroxylation is 1. The minimum absolute atomic E-state index is 0.0524. The Kier molecular flexibility index (Phi) is 5.71. The van der Waals surface area contributed by atoms with Crippen LogP contribution in [0, 0.1) is 13.8 Å². The smallest absolute Gasteiger partial charge is 0.174 e. The fourth-order valence-corrected chi connectivity index (χ4v) is 4.97. The van der Waals surface area contributed by atoms with Gasteiger partial charge in [0.15, 0.2) is 5.11 Å². The Morgan fingerprint density at radius 3 is 2.60 bits per heavy atom. The van der Waals surface area contributed by atoms with Crippen LogP contribution in [0.15, 0.2) is 48.7 Å². The van der Waals surface area contributed by atoms with Crippen molar-refractivity contribution in [3.8, 4) is 5.75 Å². The van der Waals surface area contributed by atoms with E-state index in [1.807, 2.05) is 42.6 Å². The molecule has 1 aromatic carbocycles. The lowest BCUT2D eigenvalue weighted by molar-refractivity contribution is 0.415. The Morgan fingerprint density at radius 2 is 2.00 bits per heavy atom. The van der Waals surface area contributed by atoms with Crippen LogP contribution in [0.25, 0.3) is 0 Å². The van der Waals surface area contributed by atoms with Crippen LogP contribution in [0.1, 0.15) is 41.7 Å². The largest absolute Gasteiger partial charge is 0.495 e. The number of methoxy groups -OCH3 is 1. The molecule has 30 heavy (non-hydrogen) atoms. The number of thiocarbonyl (C=S) groups is 1. The number of halogens is 1. The topological polar surface area (TPSA) is 42.3 Å². The molecular weight excluding hydrogens is 416 g/mol. The zero-order valence-electron chi connectivity index (χ0n) is 17.5. The van der Waals surface area contributed by atoms with Crippen LogP contribution in [0.2, 0.25) is 5.02 Å². The number of hydrogen-bond donors (Lipinski definition) is 1. The fraction of sp³-hybridized carbons (Fsp3) is 0.304. The predicted octanol–water partition coefficient (Wildman–Crippen LogP) is 5.36. The maximum Gasteiger partial charge on any atom is 0.174 e. The summed E-state index contributed by atoms with van der Waals surface area (Å²) >= 11 is 12.3. The second kappa shape index (κ2) is 8.28. The number of anilines is 1. The van der Waals surface area contributed by atoms with Gasteiger partial charge in [0, 0.05) is 29.8 Å². The van der Waals surface area contributed by atoms with Gasteiger partial charge in [0.2, 0.25) is 0 Å². The Labute approximate surface area is 187 Å². The molecule has 7 heteroatoms. The van der Waals surface area contributed by atoms with Gasteiger partial charge in [0.05, 0.1) is 29.9 Å². The number of nitrogens with one attached hydrogen (secondary N) is 1. The molecular formula is C23H25ClN4OS. The molecule has 1 aliphatic heterocycles. The van der Waals surface area contributed by atoms with Crippen molar-refractivity contribution in [2.24, 2.45) is 0 Å². The molecule has 156 valence electrons. The first-order valence-corrected chi connectivity index (χ1v) is 10.8. The fourth-order valence-electron chi connectivity index (χ4n) is 4.37. The zero-order chi connectivity index (χ0) is 21.4. The van der Waals surface area contributed by atoms with Gasteiger partial charge in [-0.25, -0.2) is 0 Å². The Morgan fingerprint density at radius 1 is 1.20 bits per heavy atom. The molecule has 0 amide bonds. The van der Waals surface area contributed by atoms with E-state index >= 15 is 0 Å². The average molecular weight is 441 g/mol. The summed E-state index contributed by atoms with van der Waals surface area (Å²) in [6.07, 6.45) is 1.82. The van der Waals surface area contributed by atoms with Crippen molar-refractivity contribution in [1.29, 1.82) is 0 Å². The van der Waals surface area contributed by atoms with E-state index in [-0.39, 0.29) is 12.1 Å². The number of ether oxygens (including phenoxy) is 1. The van der Waals surface area contributed by atoms with E-state index in [4.69, 9.17) is 28.6 Å². The summed E-state index contributed by atoms with van der Waals surface area (Å²) in [6, 6.07) is 13.9. The van der Waals surface area contributed by atoms with Crippen molar-refractivity contribution in [2.45, 2.75) is 39.4 Å². The third-order valence-corrected chi connectivity index (χ3v) is 6.37. The molecule has 2 atom stereocenters. The second-order valence-corrected chi connectivity index (χ2v) is 8.18. The van der Waals surface area contributed by atoms with Crippen LogP contribution < -0.4 is 15.0 Å². The van der Waals surface area contributed by atoms with E-state index < -0.39 is 0 Å². The lowest BCUT2D eigenvalue weighted by Gasteiger charge is -2.28. The minimum Gasteiger partial charge on any atom is -0.495 e. The Hall–Kier alpha value is -2.57. The molecule has 3 aromatic rings. The lowest BCUT2D eigenvalue weighted by Crippen LogP contribution is -2.29. The summed E-state index contributed by atoms with van der Waals surface area (Å²) in [5.41, 5.74) is 5.56. The van der Waals surface area contributed by atoms with Gasteiger partial charge >= 0.3 is 0 Å². The van der Waals surface area contributed by atoms with Crippen molar-refractivity contribution in [2.75, 3.05) is 12.0 Å². The van der Waals surface area contributed by atoms with Crippen molar-refractivity contribution in [3.63, 3.8) is 0 Å². The number of rotatable bonds is 5. The number of aromatic nitrogens is 2. The normalized spacial score (nSPS) is 18.6. The number of nitrogens with zero attached hydrogens (tertiary/aromatic N) is 3. The minimum atomic E-state index is -0.0783. The molecule has 0 saturated carbocycles. The van der Waals surface area contributed by atoms with Crippen LogP contribution >= 0.6 is 23.8 Å². The van der Waals surface area contributed by atoms with Gasteiger partial charge in [-0.1, -0.05) is 17.7 Å². The lowest BCUT2D eigenvalue weighted by atomic mass is 9.96. The molecule has 0 radical (unpaired) electrons. The quantitative estimate of drug-likeness (QED) is 0.541. The predicted molar refractivity (Wildman–Crippen MR) is 126 cm³/mol. The highest BCUT2D eigenvalue weighted by Crippen LogP contribution is 2.44. The van der Waals surface area contributed by atoms with Crippen LogP contribution in [-0.2, 0) is 6.54 Å². The molecule has 4 rings (SSSR count). The van der Waals surface area contributed by atoms with E-state index in [0.29, 0.717) is 15.9 Å². The van der Waals surface area contributed by atoms with E-state index in [1.54, 1.807) is 7.11 Å². The van der Waals surface area contributed by atoms with Gasteiger partial charge in [-0.05, 0) is 75.0 Å². The molecule has 2 aromatic heterocycles. The second-order valence-electron chi connectivity index (χ2n) is 7.39. The maximum absolute atomic E-state index is 6.45. The van der Waals surface area contributed by atoms with Crippen LogP contribution in [-0.4, -0.2) is 21.8 Å². The van der Waals surface area contributed by atoms with Gasteiger partial charge in [-0.2, -0.15) is 0 Å². The number of hydrogen-bond acceptors (Lipinski definition) is 3. The van der Waals surface area contributed by atoms with Gasteiger partial charge in [-0.15, -0.1) is 0 Å². The molecule has 0 aliphatic carbocycles. The summed E-state index contributed by atoms with van der Waals surface area (Å²) < 4.78 is 7.66. The molecule has 1 N–H and O–H groups in total. The van der Waals surface area contributed by atoms with Gasteiger partial charge in [0.25, 0.3) is 0 Å². The Bertz CT molecular complexity index is 1080.